The molecule has 0 bridgehead atoms. The third-order valence-electron chi connectivity index (χ3n) is 5.46. The molecule has 2 aliphatic heterocycles. The van der Waals surface area contributed by atoms with Crippen LogP contribution in [0.2, 0.25) is 0 Å². The summed E-state index contributed by atoms with van der Waals surface area (Å²) in [6, 6.07) is 3.76. The molecule has 0 saturated carbocycles. The zero-order chi connectivity index (χ0) is 20.3. The number of aromatic nitrogens is 3. The van der Waals surface area contributed by atoms with Crippen LogP contribution in [0, 0.1) is 0 Å². The third kappa shape index (κ3) is 3.91. The topological polar surface area (TPSA) is 96.6 Å². The number of fused-ring (bicyclic) bond motifs is 1. The Morgan fingerprint density at radius 1 is 1.07 bits per heavy atom. The van der Waals surface area contributed by atoms with Crippen LogP contribution in [-0.2, 0) is 11.3 Å². The van der Waals surface area contributed by atoms with Gasteiger partial charge in [-0.15, -0.1) is 0 Å². The van der Waals surface area contributed by atoms with Gasteiger partial charge in [0.05, 0.1) is 19.8 Å². The van der Waals surface area contributed by atoms with Gasteiger partial charge in [0.15, 0.2) is 23.5 Å². The standard InChI is InChI=1S/C21H24N6O3/c28-14-15-9-16(12-23-11-15)20-24-18-10-17(13-26-3-1-22-2-4-26)30-19(18)21(25-20)27-5-7-29-8-6-27/h9-12,14,22H,1-8,13H2. The van der Waals surface area contributed by atoms with E-state index in [1.807, 2.05) is 6.07 Å². The second kappa shape index (κ2) is 8.47. The van der Waals surface area contributed by atoms with Crippen molar-refractivity contribution in [1.29, 1.82) is 0 Å². The summed E-state index contributed by atoms with van der Waals surface area (Å²) >= 11 is 0. The first kappa shape index (κ1) is 19.1. The SMILES string of the molecule is O=Cc1cncc(-c2nc(N3CCOCC3)c3oc(CN4CCNCC4)cc3n2)c1. The van der Waals surface area contributed by atoms with Crippen LogP contribution < -0.4 is 10.2 Å². The molecule has 0 unspecified atom stereocenters. The average Bonchev–Trinajstić information content (AvgIpc) is 3.22. The van der Waals surface area contributed by atoms with E-state index in [1.165, 1.54) is 6.20 Å². The normalized spacial score (nSPS) is 18.1. The second-order valence-corrected chi connectivity index (χ2v) is 7.55. The molecule has 1 N–H and O–H groups in total. The molecule has 2 saturated heterocycles. The summed E-state index contributed by atoms with van der Waals surface area (Å²) in [7, 11) is 0. The highest BCUT2D eigenvalue weighted by molar-refractivity contribution is 5.87. The number of furan rings is 1. The number of nitrogens with one attached hydrogen (secondary N) is 1. The Morgan fingerprint density at radius 3 is 2.70 bits per heavy atom. The minimum atomic E-state index is 0.496. The molecule has 3 aromatic heterocycles. The lowest BCUT2D eigenvalue weighted by molar-refractivity contribution is 0.112. The maximum atomic E-state index is 11.2. The second-order valence-electron chi connectivity index (χ2n) is 7.55. The smallest absolute Gasteiger partial charge is 0.195 e. The highest BCUT2D eigenvalue weighted by Gasteiger charge is 2.22. The van der Waals surface area contributed by atoms with E-state index in [1.54, 1.807) is 12.3 Å². The molecule has 3 aromatic rings. The van der Waals surface area contributed by atoms with Crippen molar-refractivity contribution in [3.8, 4) is 11.4 Å². The Kier molecular flexibility index (Phi) is 5.39. The molecule has 0 spiro atoms. The van der Waals surface area contributed by atoms with Crippen molar-refractivity contribution in [1.82, 2.24) is 25.2 Å². The molecule has 156 valence electrons. The number of carbonyl (C=O) groups is 1. The Labute approximate surface area is 174 Å². The summed E-state index contributed by atoms with van der Waals surface area (Å²) in [6.45, 7) is 7.50. The molecule has 0 atom stereocenters. The minimum Gasteiger partial charge on any atom is -0.454 e. The lowest BCUT2D eigenvalue weighted by Crippen LogP contribution is -2.42. The van der Waals surface area contributed by atoms with Crippen molar-refractivity contribution >= 4 is 23.2 Å². The first-order valence-corrected chi connectivity index (χ1v) is 10.3. The van der Waals surface area contributed by atoms with Gasteiger partial charge in [0.25, 0.3) is 0 Å². The number of hydrogen-bond donors (Lipinski definition) is 1. The van der Waals surface area contributed by atoms with Crippen molar-refractivity contribution in [2.45, 2.75) is 6.54 Å². The molecule has 0 aliphatic carbocycles. The number of anilines is 1. The van der Waals surface area contributed by atoms with Gasteiger partial charge in [0.1, 0.15) is 11.3 Å². The van der Waals surface area contributed by atoms with Crippen LogP contribution in [0.5, 0.6) is 0 Å². The van der Waals surface area contributed by atoms with E-state index in [4.69, 9.17) is 19.1 Å². The third-order valence-corrected chi connectivity index (χ3v) is 5.46. The zero-order valence-electron chi connectivity index (χ0n) is 16.7. The summed E-state index contributed by atoms with van der Waals surface area (Å²) in [6.07, 6.45) is 3.99. The van der Waals surface area contributed by atoms with E-state index in [-0.39, 0.29) is 0 Å². The van der Waals surface area contributed by atoms with Crippen LogP contribution in [0.25, 0.3) is 22.5 Å². The Morgan fingerprint density at radius 2 is 1.90 bits per heavy atom. The minimum absolute atomic E-state index is 0.496. The largest absolute Gasteiger partial charge is 0.454 e. The van der Waals surface area contributed by atoms with E-state index < -0.39 is 0 Å². The molecule has 5 rings (SSSR count). The van der Waals surface area contributed by atoms with Gasteiger partial charge < -0.3 is 19.4 Å². The molecular weight excluding hydrogens is 384 g/mol. The highest BCUT2D eigenvalue weighted by atomic mass is 16.5. The molecule has 0 amide bonds. The maximum absolute atomic E-state index is 11.2. The van der Waals surface area contributed by atoms with Crippen LogP contribution in [0.1, 0.15) is 16.1 Å². The van der Waals surface area contributed by atoms with Gasteiger partial charge in [0, 0.05) is 68.9 Å². The Bertz CT molecular complexity index is 1040. The molecule has 0 aromatic carbocycles. The number of morpholine rings is 1. The van der Waals surface area contributed by atoms with Crippen molar-refractivity contribution in [2.24, 2.45) is 0 Å². The van der Waals surface area contributed by atoms with Gasteiger partial charge in [-0.3, -0.25) is 14.7 Å². The Balaban J connectivity index is 1.56. The van der Waals surface area contributed by atoms with E-state index in [0.29, 0.717) is 35.7 Å². The van der Waals surface area contributed by atoms with Gasteiger partial charge in [-0.25, -0.2) is 9.97 Å². The number of hydrogen-bond acceptors (Lipinski definition) is 9. The van der Waals surface area contributed by atoms with Crippen LogP contribution in [0.15, 0.2) is 28.9 Å². The number of ether oxygens (including phenoxy) is 1. The first-order chi connectivity index (χ1) is 14.8. The number of piperazine rings is 1. The molecular formula is C21H24N6O3. The van der Waals surface area contributed by atoms with Crippen molar-refractivity contribution in [2.75, 3.05) is 57.4 Å². The summed E-state index contributed by atoms with van der Waals surface area (Å²) in [5.74, 6) is 2.18. The van der Waals surface area contributed by atoms with Crippen LogP contribution in [-0.4, -0.2) is 78.6 Å². The number of aldehydes is 1. The van der Waals surface area contributed by atoms with Crippen molar-refractivity contribution < 1.29 is 13.9 Å². The van der Waals surface area contributed by atoms with E-state index in [2.05, 4.69) is 20.1 Å². The van der Waals surface area contributed by atoms with Gasteiger partial charge in [-0.2, -0.15) is 0 Å². The lowest BCUT2D eigenvalue weighted by Gasteiger charge is -2.28. The fraction of sp³-hybridized carbons (Fsp3) is 0.429. The van der Waals surface area contributed by atoms with E-state index in [9.17, 15) is 4.79 Å². The monoisotopic (exact) mass is 408 g/mol. The molecule has 5 heterocycles. The quantitative estimate of drug-likeness (QED) is 0.627. The molecule has 2 fully saturated rings. The number of carbonyl (C=O) groups excluding carboxylic acids is 1. The van der Waals surface area contributed by atoms with Gasteiger partial charge >= 0.3 is 0 Å². The summed E-state index contributed by atoms with van der Waals surface area (Å²) < 4.78 is 11.8. The highest BCUT2D eigenvalue weighted by Crippen LogP contribution is 2.31. The van der Waals surface area contributed by atoms with Crippen LogP contribution >= 0.6 is 0 Å². The average molecular weight is 408 g/mol. The molecule has 9 nitrogen and oxygen atoms in total. The van der Waals surface area contributed by atoms with Crippen molar-refractivity contribution in [3.05, 3.63) is 35.9 Å². The summed E-state index contributed by atoms with van der Waals surface area (Å²) in [4.78, 5) is 29.4. The van der Waals surface area contributed by atoms with Crippen LogP contribution in [0.4, 0.5) is 5.82 Å². The van der Waals surface area contributed by atoms with Crippen molar-refractivity contribution in [3.63, 3.8) is 0 Å². The first-order valence-electron chi connectivity index (χ1n) is 10.3. The fourth-order valence-corrected chi connectivity index (χ4v) is 3.89. The number of rotatable bonds is 5. The number of nitrogens with zero attached hydrogens (tertiary/aromatic N) is 5. The molecule has 9 heteroatoms. The maximum Gasteiger partial charge on any atom is 0.195 e. The fourth-order valence-electron chi connectivity index (χ4n) is 3.89. The van der Waals surface area contributed by atoms with Gasteiger partial charge in [-0.05, 0) is 6.07 Å². The molecule has 0 radical (unpaired) electrons. The predicted molar refractivity (Wildman–Crippen MR) is 112 cm³/mol. The van der Waals surface area contributed by atoms with Gasteiger partial charge in [-0.1, -0.05) is 0 Å². The number of pyridine rings is 1. The van der Waals surface area contributed by atoms with Crippen LogP contribution in [0.3, 0.4) is 0 Å². The summed E-state index contributed by atoms with van der Waals surface area (Å²) in [5.41, 5.74) is 2.67. The van der Waals surface area contributed by atoms with E-state index >= 15 is 0 Å². The summed E-state index contributed by atoms with van der Waals surface area (Å²) in [5, 5.41) is 3.37. The Hall–Kier alpha value is -2.88. The van der Waals surface area contributed by atoms with E-state index in [0.717, 1.165) is 69.2 Å². The van der Waals surface area contributed by atoms with Gasteiger partial charge in [0.2, 0.25) is 0 Å². The molecule has 30 heavy (non-hydrogen) atoms. The zero-order valence-corrected chi connectivity index (χ0v) is 16.7. The molecule has 2 aliphatic rings. The predicted octanol–water partition coefficient (Wildman–Crippen LogP) is 1.34. The lowest BCUT2D eigenvalue weighted by atomic mass is 10.2.